The fraction of sp³-hybridized carbons (Fsp3) is 0.636. The highest BCUT2D eigenvalue weighted by atomic mass is 35.5. The molecule has 0 unspecified atom stereocenters. The summed E-state index contributed by atoms with van der Waals surface area (Å²) in [6.07, 6.45) is 1.75. The molecule has 0 aliphatic heterocycles. The first kappa shape index (κ1) is 13.4. The molecule has 0 saturated heterocycles. The zero-order valence-corrected chi connectivity index (χ0v) is 10.6. The molecule has 0 bridgehead atoms. The molecule has 0 atom stereocenters. The van der Waals surface area contributed by atoms with Crippen molar-refractivity contribution in [2.45, 2.75) is 33.5 Å². The Bertz CT molecular complexity index is 308. The average Bonchev–Trinajstić information content (AvgIpc) is 2.24. The second-order valence-corrected chi connectivity index (χ2v) is 3.63. The standard InChI is InChI=1S/C11H17ClN2O2/c1-4-15-10(16-5-2)6-9-8(3)13-7-14-11(9)12/h7,10H,4-6H2,1-3H3. The number of halogens is 1. The van der Waals surface area contributed by atoms with Gasteiger partial charge in [-0.05, 0) is 20.8 Å². The Kier molecular flexibility index (Phi) is 5.66. The van der Waals surface area contributed by atoms with E-state index in [1.54, 1.807) is 0 Å². The molecule has 5 heteroatoms. The van der Waals surface area contributed by atoms with E-state index in [0.29, 0.717) is 24.8 Å². The summed E-state index contributed by atoms with van der Waals surface area (Å²) in [6.45, 7) is 6.98. The van der Waals surface area contributed by atoms with Gasteiger partial charge in [0.05, 0.1) is 0 Å². The SMILES string of the molecule is CCOC(Cc1c(C)ncnc1Cl)OCC. The number of nitrogens with zero attached hydrogens (tertiary/aromatic N) is 2. The third kappa shape index (κ3) is 3.70. The molecule has 0 aliphatic rings. The maximum Gasteiger partial charge on any atom is 0.161 e. The van der Waals surface area contributed by atoms with Crippen LogP contribution in [0.3, 0.4) is 0 Å². The van der Waals surface area contributed by atoms with E-state index in [1.165, 1.54) is 6.33 Å². The molecule has 0 aromatic carbocycles. The van der Waals surface area contributed by atoms with Crippen LogP contribution in [0.15, 0.2) is 6.33 Å². The van der Waals surface area contributed by atoms with Crippen molar-refractivity contribution in [1.29, 1.82) is 0 Å². The van der Waals surface area contributed by atoms with Gasteiger partial charge in [0.25, 0.3) is 0 Å². The van der Waals surface area contributed by atoms with Crippen molar-refractivity contribution >= 4 is 11.6 Å². The van der Waals surface area contributed by atoms with Crippen LogP contribution in [0.25, 0.3) is 0 Å². The fourth-order valence-electron chi connectivity index (χ4n) is 1.41. The molecule has 0 spiro atoms. The van der Waals surface area contributed by atoms with Gasteiger partial charge in [0.2, 0.25) is 0 Å². The van der Waals surface area contributed by atoms with E-state index in [0.717, 1.165) is 11.3 Å². The van der Waals surface area contributed by atoms with Gasteiger partial charge in [0, 0.05) is 30.9 Å². The van der Waals surface area contributed by atoms with Gasteiger partial charge in [0.1, 0.15) is 11.5 Å². The molecule has 1 rings (SSSR count). The first-order valence-corrected chi connectivity index (χ1v) is 5.76. The molecule has 0 N–H and O–H groups in total. The Balaban J connectivity index is 2.76. The van der Waals surface area contributed by atoms with E-state index in [1.807, 2.05) is 20.8 Å². The lowest BCUT2D eigenvalue weighted by molar-refractivity contribution is -0.134. The van der Waals surface area contributed by atoms with Gasteiger partial charge in [-0.15, -0.1) is 0 Å². The minimum Gasteiger partial charge on any atom is -0.353 e. The maximum absolute atomic E-state index is 6.01. The molecule has 1 aromatic rings. The van der Waals surface area contributed by atoms with Crippen LogP contribution >= 0.6 is 11.6 Å². The predicted octanol–water partition coefficient (Wildman–Crippen LogP) is 2.38. The highest BCUT2D eigenvalue weighted by Gasteiger charge is 2.14. The van der Waals surface area contributed by atoms with Crippen LogP contribution in [-0.4, -0.2) is 29.5 Å². The number of hydrogen-bond donors (Lipinski definition) is 0. The van der Waals surface area contributed by atoms with E-state index in [-0.39, 0.29) is 6.29 Å². The first-order chi connectivity index (χ1) is 7.69. The van der Waals surface area contributed by atoms with Gasteiger partial charge in [-0.1, -0.05) is 11.6 Å². The molecule has 90 valence electrons. The predicted molar refractivity (Wildman–Crippen MR) is 62.5 cm³/mol. The smallest absolute Gasteiger partial charge is 0.161 e. The number of rotatable bonds is 6. The molecule has 0 fully saturated rings. The molecular weight excluding hydrogens is 228 g/mol. The second kappa shape index (κ2) is 6.78. The van der Waals surface area contributed by atoms with Crippen molar-refractivity contribution in [3.63, 3.8) is 0 Å². The van der Waals surface area contributed by atoms with E-state index in [2.05, 4.69) is 9.97 Å². The van der Waals surface area contributed by atoms with Crippen LogP contribution in [0.1, 0.15) is 25.1 Å². The summed E-state index contributed by atoms with van der Waals surface area (Å²) >= 11 is 6.01. The van der Waals surface area contributed by atoms with Gasteiger partial charge in [0.15, 0.2) is 6.29 Å². The molecule has 4 nitrogen and oxygen atoms in total. The van der Waals surface area contributed by atoms with Crippen LogP contribution in [-0.2, 0) is 15.9 Å². The van der Waals surface area contributed by atoms with Crippen molar-refractivity contribution in [2.75, 3.05) is 13.2 Å². The number of aryl methyl sites for hydroxylation is 1. The molecule has 0 radical (unpaired) electrons. The fourth-order valence-corrected chi connectivity index (χ4v) is 1.67. The minimum atomic E-state index is -0.280. The number of ether oxygens (including phenoxy) is 2. The Morgan fingerprint density at radius 1 is 1.25 bits per heavy atom. The van der Waals surface area contributed by atoms with Crippen molar-refractivity contribution in [1.82, 2.24) is 9.97 Å². The third-order valence-corrected chi connectivity index (χ3v) is 2.51. The molecule has 16 heavy (non-hydrogen) atoms. The summed E-state index contributed by atoms with van der Waals surface area (Å²) in [7, 11) is 0. The van der Waals surface area contributed by atoms with Crippen LogP contribution in [0.5, 0.6) is 0 Å². The lowest BCUT2D eigenvalue weighted by Crippen LogP contribution is -2.21. The van der Waals surface area contributed by atoms with Gasteiger partial charge in [-0.3, -0.25) is 0 Å². The van der Waals surface area contributed by atoms with E-state index in [4.69, 9.17) is 21.1 Å². The van der Waals surface area contributed by atoms with Crippen molar-refractivity contribution in [3.8, 4) is 0 Å². The van der Waals surface area contributed by atoms with Crippen LogP contribution in [0.4, 0.5) is 0 Å². The molecule has 1 aromatic heterocycles. The monoisotopic (exact) mass is 244 g/mol. The topological polar surface area (TPSA) is 44.2 Å². The van der Waals surface area contributed by atoms with E-state index in [9.17, 15) is 0 Å². The van der Waals surface area contributed by atoms with Gasteiger partial charge >= 0.3 is 0 Å². The molecule has 0 saturated carbocycles. The average molecular weight is 245 g/mol. The Morgan fingerprint density at radius 3 is 2.38 bits per heavy atom. The van der Waals surface area contributed by atoms with Gasteiger partial charge in [-0.2, -0.15) is 0 Å². The van der Waals surface area contributed by atoms with E-state index >= 15 is 0 Å². The van der Waals surface area contributed by atoms with Crippen molar-refractivity contribution < 1.29 is 9.47 Å². The molecule has 1 heterocycles. The van der Waals surface area contributed by atoms with Crippen molar-refractivity contribution in [2.24, 2.45) is 0 Å². The molecular formula is C11H17ClN2O2. The summed E-state index contributed by atoms with van der Waals surface area (Å²) in [6, 6.07) is 0. The highest BCUT2D eigenvalue weighted by Crippen LogP contribution is 2.18. The first-order valence-electron chi connectivity index (χ1n) is 5.38. The summed E-state index contributed by atoms with van der Waals surface area (Å²) < 4.78 is 10.9. The molecule has 0 amide bonds. The highest BCUT2D eigenvalue weighted by molar-refractivity contribution is 6.30. The normalized spacial score (nSPS) is 11.1. The van der Waals surface area contributed by atoms with Crippen LogP contribution in [0.2, 0.25) is 5.15 Å². The lowest BCUT2D eigenvalue weighted by Gasteiger charge is -2.17. The van der Waals surface area contributed by atoms with Crippen LogP contribution in [0, 0.1) is 6.92 Å². The second-order valence-electron chi connectivity index (χ2n) is 3.27. The largest absolute Gasteiger partial charge is 0.353 e. The Morgan fingerprint density at radius 2 is 1.88 bits per heavy atom. The quantitative estimate of drug-likeness (QED) is 0.569. The van der Waals surface area contributed by atoms with E-state index < -0.39 is 0 Å². The third-order valence-electron chi connectivity index (χ3n) is 2.18. The maximum atomic E-state index is 6.01. The summed E-state index contributed by atoms with van der Waals surface area (Å²) in [4.78, 5) is 8.06. The number of hydrogen-bond acceptors (Lipinski definition) is 4. The lowest BCUT2D eigenvalue weighted by atomic mass is 10.2. The zero-order valence-electron chi connectivity index (χ0n) is 9.86. The van der Waals surface area contributed by atoms with Crippen molar-refractivity contribution in [3.05, 3.63) is 22.7 Å². The zero-order chi connectivity index (χ0) is 12.0. The Labute approximate surface area is 101 Å². The summed E-state index contributed by atoms with van der Waals surface area (Å²) in [5, 5.41) is 0.469. The summed E-state index contributed by atoms with van der Waals surface area (Å²) in [5.74, 6) is 0. The molecule has 0 aliphatic carbocycles. The van der Waals surface area contributed by atoms with Crippen LogP contribution < -0.4 is 0 Å². The summed E-state index contributed by atoms with van der Waals surface area (Å²) in [5.41, 5.74) is 1.75. The minimum absolute atomic E-state index is 0.280. The Hall–Kier alpha value is -0.710. The van der Waals surface area contributed by atoms with Gasteiger partial charge in [-0.25, -0.2) is 9.97 Å². The number of aromatic nitrogens is 2. The van der Waals surface area contributed by atoms with Gasteiger partial charge < -0.3 is 9.47 Å².